The highest BCUT2D eigenvalue weighted by atomic mass is 19.1. The van der Waals surface area contributed by atoms with Crippen LogP contribution in [0.25, 0.3) is 0 Å². The molecule has 1 N–H and O–H groups in total. The Morgan fingerprint density at radius 1 is 1.04 bits per heavy atom. The van der Waals surface area contributed by atoms with E-state index in [4.69, 9.17) is 4.74 Å². The standard InChI is InChI=1S/C23H27FN2O2/c1-18-6-3-4-8-23(18)28-17-22(27)16-26(15-21-7-5-13-25(21)2)14-19-9-11-20(24)12-10-19/h3-13,22,27H,14-17H2,1-2H3. The van der Waals surface area contributed by atoms with Gasteiger partial charge in [-0.05, 0) is 48.4 Å². The molecule has 1 atom stereocenters. The van der Waals surface area contributed by atoms with Gasteiger partial charge in [0.2, 0.25) is 0 Å². The third kappa shape index (κ3) is 5.68. The number of rotatable bonds is 9. The number of hydrogen-bond acceptors (Lipinski definition) is 3. The maximum atomic E-state index is 13.2. The molecule has 0 spiro atoms. The van der Waals surface area contributed by atoms with Gasteiger partial charge in [-0.3, -0.25) is 4.90 Å². The number of aliphatic hydroxyl groups is 1. The molecule has 0 saturated heterocycles. The minimum atomic E-state index is -0.639. The predicted molar refractivity (Wildman–Crippen MR) is 109 cm³/mol. The molecule has 5 heteroatoms. The maximum Gasteiger partial charge on any atom is 0.123 e. The Hall–Kier alpha value is -2.63. The van der Waals surface area contributed by atoms with Crippen molar-refractivity contribution in [3.63, 3.8) is 0 Å². The number of ether oxygens (including phenoxy) is 1. The van der Waals surface area contributed by atoms with Gasteiger partial charge in [0.25, 0.3) is 0 Å². The Balaban J connectivity index is 1.64. The van der Waals surface area contributed by atoms with Crippen LogP contribution >= 0.6 is 0 Å². The summed E-state index contributed by atoms with van der Waals surface area (Å²) in [6.07, 6.45) is 1.36. The highest BCUT2D eigenvalue weighted by Gasteiger charge is 2.15. The molecular weight excluding hydrogens is 355 g/mol. The molecule has 1 heterocycles. The summed E-state index contributed by atoms with van der Waals surface area (Å²) in [6.45, 7) is 3.96. The fourth-order valence-electron chi connectivity index (χ4n) is 3.18. The van der Waals surface area contributed by atoms with E-state index in [2.05, 4.69) is 15.5 Å². The van der Waals surface area contributed by atoms with E-state index in [0.717, 1.165) is 22.6 Å². The monoisotopic (exact) mass is 382 g/mol. The van der Waals surface area contributed by atoms with Gasteiger partial charge < -0.3 is 14.4 Å². The third-order valence-electron chi connectivity index (χ3n) is 4.75. The average molecular weight is 382 g/mol. The minimum absolute atomic E-state index is 0.220. The van der Waals surface area contributed by atoms with Crippen molar-refractivity contribution in [1.29, 1.82) is 0 Å². The topological polar surface area (TPSA) is 37.6 Å². The second-order valence-corrected chi connectivity index (χ2v) is 7.14. The highest BCUT2D eigenvalue weighted by Crippen LogP contribution is 2.17. The number of benzene rings is 2. The van der Waals surface area contributed by atoms with Gasteiger partial charge in [-0.25, -0.2) is 4.39 Å². The van der Waals surface area contributed by atoms with Gasteiger partial charge in [0.15, 0.2) is 0 Å². The fourth-order valence-corrected chi connectivity index (χ4v) is 3.18. The summed E-state index contributed by atoms with van der Waals surface area (Å²) in [5, 5.41) is 10.6. The lowest BCUT2D eigenvalue weighted by molar-refractivity contribution is 0.0619. The summed E-state index contributed by atoms with van der Waals surface area (Å²) in [4.78, 5) is 2.15. The van der Waals surface area contributed by atoms with Gasteiger partial charge in [-0.1, -0.05) is 30.3 Å². The van der Waals surface area contributed by atoms with Crippen LogP contribution in [0.2, 0.25) is 0 Å². The number of aromatic nitrogens is 1. The maximum absolute atomic E-state index is 13.2. The first-order valence-corrected chi connectivity index (χ1v) is 9.45. The highest BCUT2D eigenvalue weighted by molar-refractivity contribution is 5.31. The summed E-state index contributed by atoms with van der Waals surface area (Å²) in [7, 11) is 2.00. The molecule has 0 amide bonds. The molecule has 0 radical (unpaired) electrons. The van der Waals surface area contributed by atoms with Crippen molar-refractivity contribution < 1.29 is 14.2 Å². The van der Waals surface area contributed by atoms with Crippen LogP contribution < -0.4 is 4.74 Å². The molecule has 0 bridgehead atoms. The molecule has 3 rings (SSSR count). The van der Waals surface area contributed by atoms with Crippen LogP contribution in [0.15, 0.2) is 66.9 Å². The van der Waals surface area contributed by atoms with E-state index >= 15 is 0 Å². The lowest BCUT2D eigenvalue weighted by Gasteiger charge is -2.26. The normalized spacial score (nSPS) is 12.3. The Morgan fingerprint density at radius 2 is 1.79 bits per heavy atom. The van der Waals surface area contributed by atoms with Crippen LogP contribution in [0.5, 0.6) is 5.75 Å². The van der Waals surface area contributed by atoms with E-state index in [1.807, 2.05) is 50.5 Å². The SMILES string of the molecule is Cc1ccccc1OCC(O)CN(Cc1ccc(F)cc1)Cc1cccn1C. The molecule has 148 valence electrons. The molecule has 4 nitrogen and oxygen atoms in total. The second-order valence-electron chi connectivity index (χ2n) is 7.14. The van der Waals surface area contributed by atoms with Crippen molar-refractivity contribution in [3.05, 3.63) is 89.5 Å². The first-order valence-electron chi connectivity index (χ1n) is 9.45. The summed E-state index contributed by atoms with van der Waals surface area (Å²) in [6, 6.07) is 18.3. The van der Waals surface area contributed by atoms with E-state index in [0.29, 0.717) is 19.6 Å². The van der Waals surface area contributed by atoms with E-state index in [9.17, 15) is 9.50 Å². The molecule has 0 aliphatic heterocycles. The number of hydrogen-bond donors (Lipinski definition) is 1. The van der Waals surface area contributed by atoms with Crippen LogP contribution in [0.3, 0.4) is 0 Å². The average Bonchev–Trinajstić information content (AvgIpc) is 3.07. The van der Waals surface area contributed by atoms with Crippen LogP contribution in [-0.4, -0.2) is 33.8 Å². The first-order chi connectivity index (χ1) is 13.5. The van der Waals surface area contributed by atoms with Gasteiger partial charge in [0, 0.05) is 38.6 Å². The quantitative estimate of drug-likeness (QED) is 0.610. The molecular formula is C23H27FN2O2. The van der Waals surface area contributed by atoms with Crippen LogP contribution in [0.1, 0.15) is 16.8 Å². The van der Waals surface area contributed by atoms with E-state index < -0.39 is 6.10 Å². The summed E-state index contributed by atoms with van der Waals surface area (Å²) in [5.74, 6) is 0.540. The van der Waals surface area contributed by atoms with Crippen molar-refractivity contribution in [2.75, 3.05) is 13.2 Å². The predicted octanol–water partition coefficient (Wildman–Crippen LogP) is 3.91. The Morgan fingerprint density at radius 3 is 2.46 bits per heavy atom. The number of nitrogens with zero attached hydrogens (tertiary/aromatic N) is 2. The molecule has 2 aromatic carbocycles. The number of para-hydroxylation sites is 1. The molecule has 0 aliphatic rings. The van der Waals surface area contributed by atoms with Gasteiger partial charge >= 0.3 is 0 Å². The number of aliphatic hydroxyl groups excluding tert-OH is 1. The number of aryl methyl sites for hydroxylation is 2. The Labute approximate surface area is 165 Å². The Bertz CT molecular complexity index is 876. The van der Waals surface area contributed by atoms with Gasteiger partial charge in [0.1, 0.15) is 24.3 Å². The second kappa shape index (κ2) is 9.53. The smallest absolute Gasteiger partial charge is 0.123 e. The van der Waals surface area contributed by atoms with E-state index in [1.165, 1.54) is 12.1 Å². The van der Waals surface area contributed by atoms with Gasteiger partial charge in [-0.2, -0.15) is 0 Å². The van der Waals surface area contributed by atoms with Gasteiger partial charge in [-0.15, -0.1) is 0 Å². The number of halogens is 1. The minimum Gasteiger partial charge on any atom is -0.491 e. The largest absolute Gasteiger partial charge is 0.491 e. The van der Waals surface area contributed by atoms with Crippen LogP contribution in [0, 0.1) is 12.7 Å². The lowest BCUT2D eigenvalue weighted by Crippen LogP contribution is -2.35. The molecule has 1 aromatic heterocycles. The zero-order valence-electron chi connectivity index (χ0n) is 16.4. The third-order valence-corrected chi connectivity index (χ3v) is 4.75. The van der Waals surface area contributed by atoms with Crippen molar-refractivity contribution in [2.24, 2.45) is 7.05 Å². The lowest BCUT2D eigenvalue weighted by atomic mass is 10.2. The van der Waals surface area contributed by atoms with E-state index in [1.54, 1.807) is 12.1 Å². The van der Waals surface area contributed by atoms with Crippen molar-refractivity contribution in [3.8, 4) is 5.75 Å². The van der Waals surface area contributed by atoms with Crippen molar-refractivity contribution in [1.82, 2.24) is 9.47 Å². The molecule has 0 aliphatic carbocycles. The molecule has 3 aromatic rings. The van der Waals surface area contributed by atoms with Crippen molar-refractivity contribution >= 4 is 0 Å². The first kappa shape index (κ1) is 20.1. The fraction of sp³-hybridized carbons (Fsp3) is 0.304. The van der Waals surface area contributed by atoms with Crippen molar-refractivity contribution in [2.45, 2.75) is 26.1 Å². The molecule has 28 heavy (non-hydrogen) atoms. The zero-order valence-corrected chi connectivity index (χ0v) is 16.4. The zero-order chi connectivity index (χ0) is 19.9. The molecule has 0 saturated carbocycles. The molecule has 0 fully saturated rings. The summed E-state index contributed by atoms with van der Waals surface area (Å²) in [5.41, 5.74) is 3.19. The summed E-state index contributed by atoms with van der Waals surface area (Å²) >= 11 is 0. The van der Waals surface area contributed by atoms with E-state index in [-0.39, 0.29) is 12.4 Å². The molecule has 1 unspecified atom stereocenters. The summed E-state index contributed by atoms with van der Waals surface area (Å²) < 4.78 is 21.1. The van der Waals surface area contributed by atoms with Crippen LogP contribution in [0.4, 0.5) is 4.39 Å². The van der Waals surface area contributed by atoms with Gasteiger partial charge in [0.05, 0.1) is 0 Å². The van der Waals surface area contributed by atoms with Crippen LogP contribution in [-0.2, 0) is 20.1 Å². The Kier molecular flexibility index (Phi) is 6.85.